The van der Waals surface area contributed by atoms with Gasteiger partial charge in [0.1, 0.15) is 6.04 Å². The van der Waals surface area contributed by atoms with E-state index in [9.17, 15) is 18.0 Å². The Morgan fingerprint density at radius 3 is 2.47 bits per heavy atom. The number of carboxylic acid groups (broad SMARTS) is 1. The first-order chi connectivity index (χ1) is 7.71. The lowest BCUT2D eigenvalue weighted by Crippen LogP contribution is -2.22. The molecule has 0 aliphatic rings. The van der Waals surface area contributed by atoms with Crippen molar-refractivity contribution in [3.8, 4) is 0 Å². The predicted molar refractivity (Wildman–Crippen MR) is 53.4 cm³/mol. The van der Waals surface area contributed by atoms with Gasteiger partial charge in [-0.05, 0) is 18.4 Å². The first-order valence-electron chi connectivity index (χ1n) is 5.07. The van der Waals surface area contributed by atoms with Crippen molar-refractivity contribution in [1.82, 2.24) is 9.78 Å². The van der Waals surface area contributed by atoms with Gasteiger partial charge in [-0.1, -0.05) is 13.8 Å². The Kier molecular flexibility index (Phi) is 3.79. The second-order valence-electron chi connectivity index (χ2n) is 4.16. The van der Waals surface area contributed by atoms with Crippen LogP contribution in [0, 0.1) is 5.92 Å². The quantitative estimate of drug-likeness (QED) is 0.893. The summed E-state index contributed by atoms with van der Waals surface area (Å²) in [5, 5.41) is 12.2. The topological polar surface area (TPSA) is 55.1 Å². The molecule has 17 heavy (non-hydrogen) atoms. The van der Waals surface area contributed by atoms with Crippen molar-refractivity contribution in [2.75, 3.05) is 0 Å². The van der Waals surface area contributed by atoms with Gasteiger partial charge in [0.25, 0.3) is 0 Å². The highest BCUT2D eigenvalue weighted by Gasteiger charge is 2.34. The minimum absolute atomic E-state index is 0.0506. The number of aliphatic carboxylic acids is 1. The summed E-state index contributed by atoms with van der Waals surface area (Å²) in [6.45, 7) is 3.59. The maximum absolute atomic E-state index is 12.3. The van der Waals surface area contributed by atoms with Crippen LogP contribution in [0.3, 0.4) is 0 Å². The number of nitrogens with zero attached hydrogens (tertiary/aromatic N) is 2. The second kappa shape index (κ2) is 4.77. The molecule has 1 aromatic rings. The molecule has 1 unspecified atom stereocenters. The lowest BCUT2D eigenvalue weighted by atomic mass is 10.0. The number of halogens is 3. The minimum Gasteiger partial charge on any atom is -0.480 e. The van der Waals surface area contributed by atoms with Gasteiger partial charge in [-0.3, -0.25) is 4.68 Å². The average molecular weight is 250 g/mol. The summed E-state index contributed by atoms with van der Waals surface area (Å²) in [6, 6.07) is -0.290. The number of hydrogen-bond donors (Lipinski definition) is 1. The van der Waals surface area contributed by atoms with Gasteiger partial charge in [0.05, 0.1) is 0 Å². The van der Waals surface area contributed by atoms with Crippen molar-refractivity contribution < 1.29 is 23.1 Å². The molecule has 0 spiro atoms. The van der Waals surface area contributed by atoms with E-state index in [-0.39, 0.29) is 12.3 Å². The van der Waals surface area contributed by atoms with Crippen LogP contribution in [0.4, 0.5) is 13.2 Å². The summed E-state index contributed by atoms with van der Waals surface area (Å²) in [4.78, 5) is 11.0. The van der Waals surface area contributed by atoms with Gasteiger partial charge in [-0.2, -0.15) is 18.3 Å². The number of rotatable bonds is 4. The summed E-state index contributed by atoms with van der Waals surface area (Å²) in [5.41, 5.74) is -1.08. The van der Waals surface area contributed by atoms with Crippen LogP contribution in [0.25, 0.3) is 0 Å². The molecule has 7 heteroatoms. The van der Waals surface area contributed by atoms with Gasteiger partial charge in [-0.25, -0.2) is 4.79 Å². The van der Waals surface area contributed by atoms with Gasteiger partial charge in [0.2, 0.25) is 0 Å². The highest BCUT2D eigenvalue weighted by Crippen LogP contribution is 2.28. The van der Waals surface area contributed by atoms with Crippen LogP contribution in [-0.2, 0) is 11.0 Å². The zero-order valence-electron chi connectivity index (χ0n) is 9.40. The van der Waals surface area contributed by atoms with Crippen molar-refractivity contribution >= 4 is 5.97 Å². The largest absolute Gasteiger partial charge is 0.480 e. The Morgan fingerprint density at radius 1 is 1.53 bits per heavy atom. The molecule has 0 amide bonds. The summed E-state index contributed by atoms with van der Waals surface area (Å²) in [6.07, 6.45) is -3.27. The number of aromatic nitrogens is 2. The first-order valence-corrected chi connectivity index (χ1v) is 5.07. The lowest BCUT2D eigenvalue weighted by Gasteiger charge is -2.15. The molecule has 4 nitrogen and oxygen atoms in total. The van der Waals surface area contributed by atoms with Crippen molar-refractivity contribution in [2.24, 2.45) is 5.92 Å². The number of hydrogen-bond acceptors (Lipinski definition) is 2. The smallest absolute Gasteiger partial charge is 0.435 e. The van der Waals surface area contributed by atoms with Crippen LogP contribution in [-0.4, -0.2) is 20.9 Å². The lowest BCUT2D eigenvalue weighted by molar-refractivity contribution is -0.145. The third kappa shape index (κ3) is 3.47. The Labute approximate surface area is 96.0 Å². The van der Waals surface area contributed by atoms with Gasteiger partial charge >= 0.3 is 12.1 Å². The fourth-order valence-electron chi connectivity index (χ4n) is 1.43. The van der Waals surface area contributed by atoms with E-state index in [1.54, 1.807) is 13.8 Å². The normalized spacial score (nSPS) is 14.0. The van der Waals surface area contributed by atoms with Crippen LogP contribution in [0.2, 0.25) is 0 Å². The minimum atomic E-state index is -4.55. The molecule has 0 fully saturated rings. The fraction of sp³-hybridized carbons (Fsp3) is 0.600. The maximum atomic E-state index is 12.3. The van der Waals surface area contributed by atoms with E-state index in [1.165, 1.54) is 0 Å². The van der Waals surface area contributed by atoms with Crippen molar-refractivity contribution in [3.63, 3.8) is 0 Å². The molecule has 1 N–H and O–H groups in total. The van der Waals surface area contributed by atoms with E-state index in [4.69, 9.17) is 5.11 Å². The van der Waals surface area contributed by atoms with Crippen molar-refractivity contribution in [1.29, 1.82) is 0 Å². The average Bonchev–Trinajstić information content (AvgIpc) is 2.60. The molecule has 1 atom stereocenters. The molecule has 1 rings (SSSR count). The highest BCUT2D eigenvalue weighted by molar-refractivity contribution is 5.71. The highest BCUT2D eigenvalue weighted by atomic mass is 19.4. The monoisotopic (exact) mass is 250 g/mol. The van der Waals surface area contributed by atoms with E-state index in [0.29, 0.717) is 0 Å². The molecule has 96 valence electrons. The van der Waals surface area contributed by atoms with Crippen molar-refractivity contribution in [2.45, 2.75) is 32.5 Å². The summed E-state index contributed by atoms with van der Waals surface area (Å²) in [7, 11) is 0. The zero-order chi connectivity index (χ0) is 13.2. The van der Waals surface area contributed by atoms with Crippen LogP contribution >= 0.6 is 0 Å². The molecule has 0 saturated heterocycles. The predicted octanol–water partition coefficient (Wildman–Crippen LogP) is 2.57. The van der Waals surface area contributed by atoms with Gasteiger partial charge < -0.3 is 5.11 Å². The van der Waals surface area contributed by atoms with E-state index < -0.39 is 23.9 Å². The summed E-state index contributed by atoms with van der Waals surface area (Å²) in [5.74, 6) is -1.13. The van der Waals surface area contributed by atoms with Gasteiger partial charge in [-0.15, -0.1) is 0 Å². The van der Waals surface area contributed by atoms with Gasteiger partial charge in [0.15, 0.2) is 5.69 Å². The van der Waals surface area contributed by atoms with Crippen molar-refractivity contribution in [3.05, 3.63) is 18.0 Å². The Hall–Kier alpha value is -1.53. The number of carbonyl (C=O) groups is 1. The Morgan fingerprint density at radius 2 is 2.12 bits per heavy atom. The third-order valence-electron chi connectivity index (χ3n) is 2.20. The molecule has 1 aromatic heterocycles. The van der Waals surface area contributed by atoms with E-state index >= 15 is 0 Å². The molecule has 0 radical (unpaired) electrons. The second-order valence-corrected chi connectivity index (χ2v) is 4.16. The van der Waals surface area contributed by atoms with E-state index in [1.807, 2.05) is 0 Å². The molecular weight excluding hydrogens is 237 g/mol. The van der Waals surface area contributed by atoms with Crippen LogP contribution in [0.5, 0.6) is 0 Å². The van der Waals surface area contributed by atoms with Crippen LogP contribution in [0.1, 0.15) is 32.0 Å². The van der Waals surface area contributed by atoms with E-state index in [0.717, 1.165) is 16.9 Å². The van der Waals surface area contributed by atoms with Crippen LogP contribution < -0.4 is 0 Å². The molecule has 0 aliphatic carbocycles. The summed E-state index contributed by atoms with van der Waals surface area (Å²) < 4.78 is 37.8. The van der Waals surface area contributed by atoms with Gasteiger partial charge in [0, 0.05) is 6.20 Å². The standard InChI is InChI=1S/C10H13F3N2O2/c1-6(2)5-7(9(16)17)15-4-3-8(14-15)10(11,12)13/h3-4,6-7H,5H2,1-2H3,(H,16,17). The Balaban J connectivity index is 2.96. The zero-order valence-corrected chi connectivity index (χ0v) is 9.40. The maximum Gasteiger partial charge on any atom is 0.435 e. The van der Waals surface area contributed by atoms with Crippen LogP contribution in [0.15, 0.2) is 12.3 Å². The van der Waals surface area contributed by atoms with E-state index in [2.05, 4.69) is 5.10 Å². The SMILES string of the molecule is CC(C)CC(C(=O)O)n1ccc(C(F)(F)F)n1. The Bertz CT molecular complexity index is 399. The molecule has 0 aliphatic heterocycles. The number of carboxylic acids is 1. The fourth-order valence-corrected chi connectivity index (χ4v) is 1.43. The molecule has 0 saturated carbocycles. The molecule has 0 aromatic carbocycles. The first kappa shape index (κ1) is 13.5. The summed E-state index contributed by atoms with van der Waals surface area (Å²) >= 11 is 0. The third-order valence-corrected chi connectivity index (χ3v) is 2.20. The molecular formula is C10H13F3N2O2. The molecule has 0 bridgehead atoms. The molecule has 1 heterocycles. The number of alkyl halides is 3.